The van der Waals surface area contributed by atoms with E-state index < -0.39 is 0 Å². The molecule has 1 atom stereocenters. The fourth-order valence-corrected chi connectivity index (χ4v) is 1.87. The van der Waals surface area contributed by atoms with E-state index in [4.69, 9.17) is 4.74 Å². The van der Waals surface area contributed by atoms with Crippen LogP contribution in [0.3, 0.4) is 0 Å². The first-order valence-electron chi connectivity index (χ1n) is 5.66. The summed E-state index contributed by atoms with van der Waals surface area (Å²) >= 11 is 0. The molecule has 0 saturated carbocycles. The van der Waals surface area contributed by atoms with Crippen LogP contribution in [0.4, 0.5) is 0 Å². The molecule has 0 bridgehead atoms. The second-order valence-corrected chi connectivity index (χ2v) is 4.42. The van der Waals surface area contributed by atoms with Gasteiger partial charge in [-0.1, -0.05) is 6.07 Å². The third-order valence-corrected chi connectivity index (χ3v) is 3.13. The number of hydrogen-bond acceptors (Lipinski definition) is 2. The van der Waals surface area contributed by atoms with E-state index in [9.17, 15) is 0 Å². The first-order chi connectivity index (χ1) is 7.25. The van der Waals surface area contributed by atoms with Crippen LogP contribution in [0.25, 0.3) is 0 Å². The topological polar surface area (TPSA) is 21.3 Å². The predicted molar refractivity (Wildman–Crippen MR) is 69.6 cm³/mol. The molecule has 2 rings (SSSR count). The molecule has 2 nitrogen and oxygen atoms in total. The van der Waals surface area contributed by atoms with Crippen molar-refractivity contribution in [1.82, 2.24) is 5.32 Å². The molecule has 1 unspecified atom stereocenters. The molecule has 0 spiro atoms. The Morgan fingerprint density at radius 2 is 2.12 bits per heavy atom. The zero-order valence-electron chi connectivity index (χ0n) is 9.95. The summed E-state index contributed by atoms with van der Waals surface area (Å²) in [7, 11) is 0. The lowest BCUT2D eigenvalue weighted by Gasteiger charge is -2.11. The van der Waals surface area contributed by atoms with E-state index in [1.54, 1.807) is 0 Å². The smallest absolute Gasteiger partial charge is 0.119 e. The van der Waals surface area contributed by atoms with E-state index in [1.165, 1.54) is 17.5 Å². The maximum Gasteiger partial charge on any atom is 0.119 e. The van der Waals surface area contributed by atoms with Gasteiger partial charge >= 0.3 is 0 Å². The Kier molecular flexibility index (Phi) is 5.10. The molecule has 1 aromatic carbocycles. The largest absolute Gasteiger partial charge is 0.493 e. The van der Waals surface area contributed by atoms with Gasteiger partial charge in [-0.3, -0.25) is 0 Å². The van der Waals surface area contributed by atoms with Crippen LogP contribution < -0.4 is 10.1 Å². The summed E-state index contributed by atoms with van der Waals surface area (Å²) in [6.45, 7) is 7.33. The van der Waals surface area contributed by atoms with Gasteiger partial charge in [0.25, 0.3) is 0 Å². The third-order valence-electron chi connectivity index (χ3n) is 3.13. The highest BCUT2D eigenvalue weighted by molar-refractivity contribution is 5.85. The molecule has 0 amide bonds. The minimum absolute atomic E-state index is 0. The zero-order chi connectivity index (χ0) is 10.7. The SMILES string of the molecule is Cc1ccc(OCC2CCNC2)cc1C.Cl. The molecular weight excluding hydrogens is 222 g/mol. The maximum absolute atomic E-state index is 5.79. The van der Waals surface area contributed by atoms with Crippen molar-refractivity contribution in [2.24, 2.45) is 5.92 Å². The lowest BCUT2D eigenvalue weighted by Crippen LogP contribution is -2.15. The predicted octanol–water partition coefficient (Wildman–Crippen LogP) is 2.71. The lowest BCUT2D eigenvalue weighted by molar-refractivity contribution is 0.260. The van der Waals surface area contributed by atoms with E-state index >= 15 is 0 Å². The molecule has 1 aliphatic rings. The van der Waals surface area contributed by atoms with Gasteiger partial charge in [-0.2, -0.15) is 0 Å². The van der Waals surface area contributed by atoms with Crippen molar-refractivity contribution in [3.63, 3.8) is 0 Å². The third kappa shape index (κ3) is 3.39. The molecule has 0 aliphatic carbocycles. The average molecular weight is 242 g/mol. The van der Waals surface area contributed by atoms with Gasteiger partial charge < -0.3 is 10.1 Å². The molecular formula is C13H20ClNO. The van der Waals surface area contributed by atoms with Crippen molar-refractivity contribution in [3.05, 3.63) is 29.3 Å². The van der Waals surface area contributed by atoms with E-state index in [1.807, 2.05) is 0 Å². The van der Waals surface area contributed by atoms with Crippen LogP contribution in [0.2, 0.25) is 0 Å². The van der Waals surface area contributed by atoms with Crippen molar-refractivity contribution in [1.29, 1.82) is 0 Å². The molecule has 1 heterocycles. The molecule has 1 saturated heterocycles. The van der Waals surface area contributed by atoms with Gasteiger partial charge in [-0.25, -0.2) is 0 Å². The number of ether oxygens (including phenoxy) is 1. The van der Waals surface area contributed by atoms with Crippen LogP contribution in [-0.4, -0.2) is 19.7 Å². The molecule has 0 radical (unpaired) electrons. The number of rotatable bonds is 3. The summed E-state index contributed by atoms with van der Waals surface area (Å²) in [4.78, 5) is 0. The van der Waals surface area contributed by atoms with Crippen LogP contribution >= 0.6 is 12.4 Å². The number of hydrogen-bond donors (Lipinski definition) is 1. The summed E-state index contributed by atoms with van der Waals surface area (Å²) in [5.74, 6) is 1.69. The van der Waals surface area contributed by atoms with Crippen LogP contribution in [0.5, 0.6) is 5.75 Å². The van der Waals surface area contributed by atoms with E-state index in [0.717, 1.165) is 25.4 Å². The minimum Gasteiger partial charge on any atom is -0.493 e. The van der Waals surface area contributed by atoms with Crippen molar-refractivity contribution < 1.29 is 4.74 Å². The summed E-state index contributed by atoms with van der Waals surface area (Å²) in [5.41, 5.74) is 2.63. The molecule has 16 heavy (non-hydrogen) atoms. The highest BCUT2D eigenvalue weighted by Gasteiger charge is 2.14. The Hall–Kier alpha value is -0.730. The van der Waals surface area contributed by atoms with Crippen LogP contribution in [0.1, 0.15) is 17.5 Å². The zero-order valence-corrected chi connectivity index (χ0v) is 10.8. The van der Waals surface area contributed by atoms with Crippen LogP contribution in [0.15, 0.2) is 18.2 Å². The Balaban J connectivity index is 0.00000128. The molecule has 0 aromatic heterocycles. The number of halogens is 1. The fraction of sp³-hybridized carbons (Fsp3) is 0.538. The van der Waals surface area contributed by atoms with Crippen molar-refractivity contribution in [2.75, 3.05) is 19.7 Å². The van der Waals surface area contributed by atoms with Gasteiger partial charge in [0, 0.05) is 12.5 Å². The monoisotopic (exact) mass is 241 g/mol. The molecule has 3 heteroatoms. The maximum atomic E-state index is 5.79. The molecule has 1 fully saturated rings. The molecule has 1 N–H and O–H groups in total. The Morgan fingerprint density at radius 3 is 2.75 bits per heavy atom. The van der Waals surface area contributed by atoms with Crippen molar-refractivity contribution in [2.45, 2.75) is 20.3 Å². The van der Waals surface area contributed by atoms with E-state index in [-0.39, 0.29) is 12.4 Å². The first kappa shape index (κ1) is 13.3. The van der Waals surface area contributed by atoms with E-state index in [0.29, 0.717) is 5.92 Å². The van der Waals surface area contributed by atoms with Gasteiger partial charge in [0.1, 0.15) is 5.75 Å². The lowest BCUT2D eigenvalue weighted by atomic mass is 10.1. The Morgan fingerprint density at radius 1 is 1.31 bits per heavy atom. The first-order valence-corrected chi connectivity index (χ1v) is 5.66. The van der Waals surface area contributed by atoms with Crippen LogP contribution in [-0.2, 0) is 0 Å². The van der Waals surface area contributed by atoms with E-state index in [2.05, 4.69) is 37.4 Å². The van der Waals surface area contributed by atoms with Gasteiger partial charge in [0.15, 0.2) is 0 Å². The summed E-state index contributed by atoms with van der Waals surface area (Å²) in [6.07, 6.45) is 1.24. The second kappa shape index (κ2) is 6.12. The quantitative estimate of drug-likeness (QED) is 0.879. The minimum atomic E-state index is 0. The van der Waals surface area contributed by atoms with Gasteiger partial charge in [0.05, 0.1) is 6.61 Å². The number of benzene rings is 1. The van der Waals surface area contributed by atoms with Gasteiger partial charge in [-0.05, 0) is 50.1 Å². The van der Waals surface area contributed by atoms with Gasteiger partial charge in [-0.15, -0.1) is 12.4 Å². The second-order valence-electron chi connectivity index (χ2n) is 4.42. The van der Waals surface area contributed by atoms with Crippen LogP contribution in [0, 0.1) is 19.8 Å². The molecule has 1 aromatic rings. The summed E-state index contributed by atoms with van der Waals surface area (Å²) in [5, 5.41) is 3.35. The highest BCUT2D eigenvalue weighted by atomic mass is 35.5. The van der Waals surface area contributed by atoms with Crippen molar-refractivity contribution in [3.8, 4) is 5.75 Å². The number of aryl methyl sites for hydroxylation is 2. The summed E-state index contributed by atoms with van der Waals surface area (Å²) < 4.78 is 5.79. The Bertz CT molecular complexity index is 335. The highest BCUT2D eigenvalue weighted by Crippen LogP contribution is 2.18. The standard InChI is InChI=1S/C13H19NO.ClH/c1-10-3-4-13(7-11(10)2)15-9-12-5-6-14-8-12;/h3-4,7,12,14H,5-6,8-9H2,1-2H3;1H. The normalized spacial score (nSPS) is 19.2. The Labute approximate surface area is 104 Å². The molecule has 90 valence electrons. The summed E-state index contributed by atoms with van der Waals surface area (Å²) in [6, 6.07) is 6.31. The number of nitrogens with one attached hydrogen (secondary N) is 1. The molecule has 1 aliphatic heterocycles. The average Bonchev–Trinajstić information content (AvgIpc) is 2.73. The fourth-order valence-electron chi connectivity index (χ4n) is 1.87. The van der Waals surface area contributed by atoms with Crippen molar-refractivity contribution >= 4 is 12.4 Å². The van der Waals surface area contributed by atoms with Gasteiger partial charge in [0.2, 0.25) is 0 Å².